The van der Waals surface area contributed by atoms with Crippen molar-refractivity contribution in [2.45, 2.75) is 19.4 Å². The second-order valence-corrected chi connectivity index (χ2v) is 6.49. The van der Waals surface area contributed by atoms with Gasteiger partial charge in [-0.25, -0.2) is 9.07 Å². The van der Waals surface area contributed by atoms with E-state index in [0.717, 1.165) is 15.6 Å². The monoisotopic (exact) mass is 401 g/mol. The summed E-state index contributed by atoms with van der Waals surface area (Å²) in [5.74, 6) is 0.280. The van der Waals surface area contributed by atoms with Gasteiger partial charge in [-0.05, 0) is 35.7 Å². The summed E-state index contributed by atoms with van der Waals surface area (Å²) in [6.07, 6.45) is 2.54. The van der Waals surface area contributed by atoms with Crippen LogP contribution < -0.4 is 5.32 Å². The molecular weight excluding hydrogens is 385 g/mol. The van der Waals surface area contributed by atoms with E-state index in [-0.39, 0.29) is 11.7 Å². The summed E-state index contributed by atoms with van der Waals surface area (Å²) < 4.78 is 15.6. The fourth-order valence-corrected chi connectivity index (χ4v) is 2.88. The first-order chi connectivity index (χ1) is 12.1. The molecule has 0 spiro atoms. The maximum absolute atomic E-state index is 12.9. The standard InChI is InChI=1S/C19H17BrFN3O/c20-17-4-2-1-3-15(17)13-24-18(11-12-22-24)23-19(25)10-7-14-5-8-16(21)9-6-14/h1-6,8-9,11-12H,7,10,13H2,(H,23,25). The van der Waals surface area contributed by atoms with Crippen molar-refractivity contribution >= 4 is 27.7 Å². The Hall–Kier alpha value is -2.47. The molecule has 128 valence electrons. The maximum Gasteiger partial charge on any atom is 0.225 e. The molecule has 3 aromatic rings. The highest BCUT2D eigenvalue weighted by molar-refractivity contribution is 9.10. The molecule has 0 aliphatic carbocycles. The zero-order valence-corrected chi connectivity index (χ0v) is 15.0. The van der Waals surface area contributed by atoms with Crippen LogP contribution in [0.25, 0.3) is 0 Å². The van der Waals surface area contributed by atoms with Crippen molar-refractivity contribution in [3.05, 3.63) is 82.2 Å². The van der Waals surface area contributed by atoms with Gasteiger partial charge in [0, 0.05) is 17.0 Å². The van der Waals surface area contributed by atoms with Gasteiger partial charge in [-0.2, -0.15) is 5.10 Å². The van der Waals surface area contributed by atoms with Crippen molar-refractivity contribution in [2.75, 3.05) is 5.32 Å². The Balaban J connectivity index is 1.60. The number of rotatable bonds is 6. The van der Waals surface area contributed by atoms with Crippen LogP contribution in [0, 0.1) is 5.82 Å². The Bertz CT molecular complexity index is 861. The lowest BCUT2D eigenvalue weighted by Crippen LogP contribution is -2.16. The number of aromatic nitrogens is 2. The van der Waals surface area contributed by atoms with Crippen molar-refractivity contribution in [3.63, 3.8) is 0 Å². The molecule has 25 heavy (non-hydrogen) atoms. The molecule has 1 aromatic heterocycles. The van der Waals surface area contributed by atoms with Gasteiger partial charge in [-0.15, -0.1) is 0 Å². The SMILES string of the molecule is O=C(CCc1ccc(F)cc1)Nc1ccnn1Cc1ccccc1Br. The highest BCUT2D eigenvalue weighted by Crippen LogP contribution is 2.19. The van der Waals surface area contributed by atoms with Crippen molar-refractivity contribution in [3.8, 4) is 0 Å². The molecule has 1 amide bonds. The second-order valence-electron chi connectivity index (χ2n) is 5.64. The minimum Gasteiger partial charge on any atom is -0.311 e. The van der Waals surface area contributed by atoms with E-state index < -0.39 is 0 Å². The smallest absolute Gasteiger partial charge is 0.225 e. The number of carbonyl (C=O) groups is 1. The van der Waals surface area contributed by atoms with Crippen molar-refractivity contribution < 1.29 is 9.18 Å². The Labute approximate surface area is 153 Å². The van der Waals surface area contributed by atoms with E-state index in [0.29, 0.717) is 25.2 Å². The van der Waals surface area contributed by atoms with Gasteiger partial charge in [-0.1, -0.05) is 46.3 Å². The van der Waals surface area contributed by atoms with Gasteiger partial charge >= 0.3 is 0 Å². The third-order valence-corrected chi connectivity index (χ3v) is 4.59. The molecule has 0 bridgehead atoms. The van der Waals surface area contributed by atoms with Crippen LogP contribution in [-0.2, 0) is 17.8 Å². The fourth-order valence-electron chi connectivity index (χ4n) is 2.47. The van der Waals surface area contributed by atoms with Crippen molar-refractivity contribution in [1.82, 2.24) is 9.78 Å². The molecular formula is C19H17BrFN3O. The number of nitrogens with zero attached hydrogens (tertiary/aromatic N) is 2. The lowest BCUT2D eigenvalue weighted by molar-refractivity contribution is -0.116. The Morgan fingerprint density at radius 2 is 1.88 bits per heavy atom. The molecule has 0 saturated heterocycles. The Kier molecular flexibility index (Phi) is 5.60. The summed E-state index contributed by atoms with van der Waals surface area (Å²) in [4.78, 5) is 12.2. The molecule has 2 aromatic carbocycles. The fraction of sp³-hybridized carbons (Fsp3) is 0.158. The van der Waals surface area contributed by atoms with Gasteiger partial charge in [0.2, 0.25) is 5.91 Å². The summed E-state index contributed by atoms with van der Waals surface area (Å²) >= 11 is 3.52. The van der Waals surface area contributed by atoms with E-state index in [1.165, 1.54) is 12.1 Å². The molecule has 1 heterocycles. The normalized spacial score (nSPS) is 10.6. The number of hydrogen-bond donors (Lipinski definition) is 1. The zero-order chi connectivity index (χ0) is 17.6. The van der Waals surface area contributed by atoms with Gasteiger partial charge in [0.25, 0.3) is 0 Å². The largest absolute Gasteiger partial charge is 0.311 e. The van der Waals surface area contributed by atoms with Gasteiger partial charge in [0.05, 0.1) is 12.7 Å². The highest BCUT2D eigenvalue weighted by atomic mass is 79.9. The molecule has 0 fully saturated rings. The molecule has 0 saturated carbocycles. The first kappa shape index (κ1) is 17.4. The predicted octanol–water partition coefficient (Wildman–Crippen LogP) is 4.40. The molecule has 0 aliphatic rings. The van der Waals surface area contributed by atoms with E-state index in [1.807, 2.05) is 24.3 Å². The van der Waals surface area contributed by atoms with Crippen molar-refractivity contribution in [2.24, 2.45) is 0 Å². The first-order valence-electron chi connectivity index (χ1n) is 7.91. The second kappa shape index (κ2) is 8.07. The zero-order valence-electron chi connectivity index (χ0n) is 13.5. The summed E-state index contributed by atoms with van der Waals surface area (Å²) in [5.41, 5.74) is 2.01. The predicted molar refractivity (Wildman–Crippen MR) is 98.8 cm³/mol. The van der Waals surface area contributed by atoms with Gasteiger partial charge in [0.1, 0.15) is 11.6 Å². The molecule has 0 radical (unpaired) electrons. The van der Waals surface area contributed by atoms with E-state index in [1.54, 1.807) is 29.1 Å². The average molecular weight is 402 g/mol. The third-order valence-electron chi connectivity index (χ3n) is 3.82. The number of nitrogens with one attached hydrogen (secondary N) is 1. The molecule has 0 unspecified atom stereocenters. The maximum atomic E-state index is 12.9. The molecule has 0 atom stereocenters. The van der Waals surface area contributed by atoms with Crippen LogP contribution in [0.2, 0.25) is 0 Å². The third kappa shape index (κ3) is 4.76. The van der Waals surface area contributed by atoms with E-state index in [4.69, 9.17) is 0 Å². The molecule has 6 heteroatoms. The molecule has 0 aliphatic heterocycles. The van der Waals surface area contributed by atoms with E-state index in [2.05, 4.69) is 26.3 Å². The summed E-state index contributed by atoms with van der Waals surface area (Å²) in [6.45, 7) is 0.558. The van der Waals surface area contributed by atoms with Gasteiger partial charge in [0.15, 0.2) is 0 Å². The van der Waals surface area contributed by atoms with Crippen LogP contribution in [0.3, 0.4) is 0 Å². The quantitative estimate of drug-likeness (QED) is 0.664. The van der Waals surface area contributed by atoms with Crippen LogP contribution in [0.1, 0.15) is 17.5 Å². The topological polar surface area (TPSA) is 46.9 Å². The van der Waals surface area contributed by atoms with Crippen LogP contribution in [0.5, 0.6) is 0 Å². The highest BCUT2D eigenvalue weighted by Gasteiger charge is 2.09. The first-order valence-corrected chi connectivity index (χ1v) is 8.70. The average Bonchev–Trinajstić information content (AvgIpc) is 3.03. The molecule has 3 rings (SSSR count). The minimum atomic E-state index is -0.274. The van der Waals surface area contributed by atoms with Crippen molar-refractivity contribution in [1.29, 1.82) is 0 Å². The van der Waals surface area contributed by atoms with Gasteiger partial charge in [-0.3, -0.25) is 4.79 Å². The molecule has 4 nitrogen and oxygen atoms in total. The number of carbonyl (C=O) groups excluding carboxylic acids is 1. The number of benzene rings is 2. The van der Waals surface area contributed by atoms with Crippen LogP contribution in [0.4, 0.5) is 10.2 Å². The lowest BCUT2D eigenvalue weighted by Gasteiger charge is -2.10. The number of amides is 1. The number of anilines is 1. The van der Waals surface area contributed by atoms with E-state index >= 15 is 0 Å². The minimum absolute atomic E-state index is 0.0989. The number of halogens is 2. The lowest BCUT2D eigenvalue weighted by atomic mass is 10.1. The van der Waals surface area contributed by atoms with Crippen LogP contribution in [-0.4, -0.2) is 15.7 Å². The molecule has 1 N–H and O–H groups in total. The van der Waals surface area contributed by atoms with E-state index in [9.17, 15) is 9.18 Å². The van der Waals surface area contributed by atoms with Gasteiger partial charge < -0.3 is 5.32 Å². The number of aryl methyl sites for hydroxylation is 1. The Morgan fingerprint density at radius 1 is 1.12 bits per heavy atom. The summed E-state index contributed by atoms with van der Waals surface area (Å²) in [7, 11) is 0. The van der Waals surface area contributed by atoms with Crippen LogP contribution >= 0.6 is 15.9 Å². The summed E-state index contributed by atoms with van der Waals surface area (Å²) in [5, 5.41) is 7.16. The Morgan fingerprint density at radius 3 is 2.64 bits per heavy atom. The summed E-state index contributed by atoms with van der Waals surface area (Å²) in [6, 6.07) is 15.9. The number of hydrogen-bond acceptors (Lipinski definition) is 2. The van der Waals surface area contributed by atoms with Crippen LogP contribution in [0.15, 0.2) is 65.3 Å².